The summed E-state index contributed by atoms with van der Waals surface area (Å²) in [5.74, 6) is 0. The summed E-state index contributed by atoms with van der Waals surface area (Å²) >= 11 is 0. The maximum Gasteiger partial charge on any atom is 0.335 e. The number of aromatic amines is 1. The maximum absolute atomic E-state index is 12.8. The number of H-pyrrole nitrogens is 1. The van der Waals surface area contributed by atoms with Gasteiger partial charge in [0.05, 0.1) is 12.7 Å². The van der Waals surface area contributed by atoms with Crippen LogP contribution in [0.4, 0.5) is 0 Å². The molecule has 4 atom stereocenters. The summed E-state index contributed by atoms with van der Waals surface area (Å²) in [6, 6.07) is -0.154. The number of carbonyl (C=O) groups is 1. The van der Waals surface area contributed by atoms with Gasteiger partial charge in [-0.3, -0.25) is 19.1 Å². The van der Waals surface area contributed by atoms with Gasteiger partial charge in [-0.1, -0.05) is 60.5 Å². The normalized spacial score (nSPS) is 29.6. The standard InChI is InChI=1S/C22H37N5O7Si2/c1-13(2)35(14(3)4)31-11-17-19(33-36(34-35,15(5)6)16(7)8)20(25-26-23)22(12-28,32-17)27-10-9-18(29)24-21(27)30/h9-10,12-17,19-20H,11H2,1-8H3,(H,24,29,30)/t17-,19?,20+,22-/m1/s1. The van der Waals surface area contributed by atoms with Gasteiger partial charge < -0.3 is 17.7 Å². The van der Waals surface area contributed by atoms with Gasteiger partial charge in [0.2, 0.25) is 5.72 Å². The lowest BCUT2D eigenvalue weighted by Gasteiger charge is -2.51. The Hall–Kier alpha value is -2.07. The molecule has 3 heterocycles. The molecule has 0 amide bonds. The van der Waals surface area contributed by atoms with Crippen molar-refractivity contribution in [3.63, 3.8) is 0 Å². The number of carbonyl (C=O) groups excluding carboxylic acids is 1. The second-order valence-corrected chi connectivity index (χ2v) is 19.6. The molecule has 200 valence electrons. The molecular formula is C22H37N5O7Si2. The van der Waals surface area contributed by atoms with Gasteiger partial charge in [0.15, 0.2) is 6.29 Å². The zero-order valence-electron chi connectivity index (χ0n) is 22.1. The molecule has 2 saturated heterocycles. The van der Waals surface area contributed by atoms with Gasteiger partial charge in [-0.05, 0) is 27.7 Å². The smallest absolute Gasteiger partial charge is 0.335 e. The van der Waals surface area contributed by atoms with E-state index in [-0.39, 0.29) is 28.8 Å². The van der Waals surface area contributed by atoms with Gasteiger partial charge >= 0.3 is 22.8 Å². The topological polar surface area (TPSA) is 158 Å². The van der Waals surface area contributed by atoms with Gasteiger partial charge in [0.1, 0.15) is 12.1 Å². The third-order valence-electron chi connectivity index (χ3n) is 7.32. The van der Waals surface area contributed by atoms with E-state index in [1.54, 1.807) is 0 Å². The average Bonchev–Trinajstić information content (AvgIpc) is 3.06. The van der Waals surface area contributed by atoms with Crippen LogP contribution in [0.5, 0.6) is 0 Å². The van der Waals surface area contributed by atoms with E-state index >= 15 is 0 Å². The average molecular weight is 540 g/mol. The Bertz CT molecular complexity index is 1110. The summed E-state index contributed by atoms with van der Waals surface area (Å²) in [5.41, 5.74) is 6.06. The van der Waals surface area contributed by atoms with Gasteiger partial charge in [0, 0.05) is 17.2 Å². The summed E-state index contributed by atoms with van der Waals surface area (Å²) < 4.78 is 27.9. The lowest BCUT2D eigenvalue weighted by atomic mass is 10.0. The monoisotopic (exact) mass is 539 g/mol. The van der Waals surface area contributed by atoms with E-state index in [1.807, 2.05) is 27.7 Å². The van der Waals surface area contributed by atoms with Crippen molar-refractivity contribution in [1.82, 2.24) is 9.55 Å². The largest absolute Gasteiger partial charge is 0.414 e. The Kier molecular flexibility index (Phi) is 8.20. The molecule has 0 radical (unpaired) electrons. The minimum absolute atomic E-state index is 0.0158. The van der Waals surface area contributed by atoms with Crippen molar-refractivity contribution in [3.05, 3.63) is 43.5 Å². The predicted octanol–water partition coefficient (Wildman–Crippen LogP) is 3.42. The van der Waals surface area contributed by atoms with Crippen LogP contribution < -0.4 is 11.2 Å². The highest BCUT2D eigenvalue weighted by Crippen LogP contribution is 2.49. The van der Waals surface area contributed by atoms with E-state index in [1.165, 1.54) is 0 Å². The Morgan fingerprint density at radius 2 is 1.69 bits per heavy atom. The Balaban J connectivity index is 2.27. The number of azide groups is 1. The quantitative estimate of drug-likeness (QED) is 0.183. The molecule has 2 aliphatic heterocycles. The van der Waals surface area contributed by atoms with Crippen molar-refractivity contribution in [3.8, 4) is 0 Å². The van der Waals surface area contributed by atoms with Crippen LogP contribution in [0.3, 0.4) is 0 Å². The summed E-state index contributed by atoms with van der Waals surface area (Å²) in [7, 11) is -6.01. The van der Waals surface area contributed by atoms with Crippen LogP contribution in [0.2, 0.25) is 22.2 Å². The summed E-state index contributed by atoms with van der Waals surface area (Å²) in [6.07, 6.45) is -0.178. The van der Waals surface area contributed by atoms with E-state index in [0.717, 1.165) is 16.8 Å². The van der Waals surface area contributed by atoms with Gasteiger partial charge in [-0.25, -0.2) is 4.79 Å². The third-order valence-corrected chi connectivity index (χ3v) is 17.6. The first kappa shape index (κ1) is 28.5. The summed E-state index contributed by atoms with van der Waals surface area (Å²) in [6.45, 7) is 16.5. The zero-order chi connectivity index (χ0) is 27.1. The molecule has 14 heteroatoms. The van der Waals surface area contributed by atoms with Crippen LogP contribution in [-0.2, 0) is 28.2 Å². The van der Waals surface area contributed by atoms with Gasteiger partial charge in [-0.15, -0.1) is 0 Å². The van der Waals surface area contributed by atoms with Crippen molar-refractivity contribution in [2.24, 2.45) is 5.11 Å². The van der Waals surface area contributed by atoms with Crippen LogP contribution in [-0.4, -0.2) is 57.8 Å². The molecule has 0 aliphatic carbocycles. The number of rotatable bonds is 7. The molecule has 0 aromatic carbocycles. The molecule has 12 nitrogen and oxygen atoms in total. The van der Waals surface area contributed by atoms with Crippen molar-refractivity contribution >= 4 is 23.4 Å². The minimum Gasteiger partial charge on any atom is -0.414 e. The van der Waals surface area contributed by atoms with Crippen molar-refractivity contribution in [2.75, 3.05) is 6.61 Å². The van der Waals surface area contributed by atoms with Crippen LogP contribution in [0.15, 0.2) is 27.0 Å². The molecule has 0 bridgehead atoms. The second kappa shape index (κ2) is 10.4. The SMILES string of the molecule is CC(C)[Si]1(C(C)C)OC[C@H]2O[C@@](C=O)(n3ccc(=O)[nH]c3=O)[C@@H](N=[N+]=[N-])C2O[Si](C(C)C)(C(C)C)O1. The van der Waals surface area contributed by atoms with E-state index in [0.29, 0.717) is 6.29 Å². The number of nitrogens with one attached hydrogen (secondary N) is 1. The molecule has 0 spiro atoms. The fraction of sp³-hybridized carbons (Fsp3) is 0.773. The molecule has 3 rings (SSSR count). The lowest BCUT2D eigenvalue weighted by molar-refractivity contribution is -0.151. The number of fused-ring (bicyclic) bond motifs is 1. The highest BCUT2D eigenvalue weighted by molar-refractivity contribution is 6.84. The fourth-order valence-corrected chi connectivity index (χ4v) is 16.7. The first-order valence-electron chi connectivity index (χ1n) is 12.3. The highest BCUT2D eigenvalue weighted by atomic mass is 28.5. The molecule has 2 aliphatic rings. The molecule has 36 heavy (non-hydrogen) atoms. The van der Waals surface area contributed by atoms with Crippen molar-refractivity contribution < 1.29 is 22.5 Å². The third kappa shape index (κ3) is 4.44. The van der Waals surface area contributed by atoms with Crippen LogP contribution in [0.25, 0.3) is 10.4 Å². The molecule has 2 fully saturated rings. The van der Waals surface area contributed by atoms with Crippen LogP contribution in [0, 0.1) is 0 Å². The number of nitrogens with zero attached hydrogens (tertiary/aromatic N) is 4. The number of aromatic nitrogens is 2. The first-order valence-corrected chi connectivity index (χ1v) is 16.3. The molecule has 1 aromatic rings. The van der Waals surface area contributed by atoms with Crippen molar-refractivity contribution in [2.45, 2.75) is 102 Å². The Labute approximate surface area is 212 Å². The predicted molar refractivity (Wildman–Crippen MR) is 137 cm³/mol. The van der Waals surface area contributed by atoms with Crippen LogP contribution in [0.1, 0.15) is 55.4 Å². The fourth-order valence-electron chi connectivity index (χ4n) is 5.48. The summed E-state index contributed by atoms with van der Waals surface area (Å²) in [4.78, 5) is 42.2. The Morgan fingerprint density at radius 1 is 1.11 bits per heavy atom. The molecule has 1 N–H and O–H groups in total. The van der Waals surface area contributed by atoms with Gasteiger partial charge in [-0.2, -0.15) is 0 Å². The number of hydrogen-bond donors (Lipinski definition) is 1. The van der Waals surface area contributed by atoms with Gasteiger partial charge in [0.25, 0.3) is 5.56 Å². The number of ether oxygens (including phenoxy) is 1. The summed E-state index contributed by atoms with van der Waals surface area (Å²) in [5, 5.41) is 3.91. The van der Waals surface area contributed by atoms with Crippen LogP contribution >= 0.6 is 0 Å². The molecule has 1 unspecified atom stereocenters. The Morgan fingerprint density at radius 3 is 2.17 bits per heavy atom. The lowest BCUT2D eigenvalue weighted by Crippen LogP contribution is -2.66. The maximum atomic E-state index is 12.8. The highest BCUT2D eigenvalue weighted by Gasteiger charge is 2.65. The van der Waals surface area contributed by atoms with E-state index < -0.39 is 52.3 Å². The minimum atomic E-state index is -3.12. The zero-order valence-corrected chi connectivity index (χ0v) is 24.1. The van der Waals surface area contributed by atoms with Crippen molar-refractivity contribution in [1.29, 1.82) is 0 Å². The number of aldehydes is 1. The van der Waals surface area contributed by atoms with E-state index in [9.17, 15) is 19.9 Å². The molecule has 1 aromatic heterocycles. The molecule has 0 saturated carbocycles. The first-order chi connectivity index (χ1) is 16.8. The van der Waals surface area contributed by atoms with E-state index in [4.69, 9.17) is 17.7 Å². The number of hydrogen-bond acceptors (Lipinski definition) is 8. The molecular weight excluding hydrogens is 502 g/mol. The second-order valence-electron chi connectivity index (χ2n) is 10.7. The van der Waals surface area contributed by atoms with E-state index in [2.05, 4.69) is 42.7 Å².